The molecule has 1 aromatic carbocycles. The number of nitrogens with one attached hydrogen (secondary N) is 2. The molecule has 0 aliphatic heterocycles. The molecule has 0 spiro atoms. The van der Waals surface area contributed by atoms with E-state index < -0.39 is 6.03 Å². The molecule has 122 valence electrons. The van der Waals surface area contributed by atoms with Gasteiger partial charge in [0.2, 0.25) is 5.75 Å². The summed E-state index contributed by atoms with van der Waals surface area (Å²) in [7, 11) is 4.54. The average molecular weight is 317 g/mol. The maximum absolute atomic E-state index is 12.1. The summed E-state index contributed by atoms with van der Waals surface area (Å²) in [5.74, 6) is 1.84. The predicted molar refractivity (Wildman–Crippen MR) is 87.7 cm³/mol. The Morgan fingerprint density at radius 2 is 1.65 bits per heavy atom. The van der Waals surface area contributed by atoms with Gasteiger partial charge in [-0.2, -0.15) is 0 Å². The first-order valence-corrected chi connectivity index (χ1v) is 6.88. The van der Waals surface area contributed by atoms with E-state index in [9.17, 15) is 4.79 Å². The Bertz CT molecular complexity index is 678. The number of hydrogen-bond acceptors (Lipinski definition) is 5. The van der Waals surface area contributed by atoms with E-state index in [1.165, 1.54) is 21.3 Å². The number of anilines is 2. The molecule has 0 saturated heterocycles. The van der Waals surface area contributed by atoms with E-state index in [0.29, 0.717) is 28.8 Å². The van der Waals surface area contributed by atoms with Crippen molar-refractivity contribution in [2.24, 2.45) is 0 Å². The van der Waals surface area contributed by atoms with Crippen molar-refractivity contribution in [2.45, 2.75) is 6.92 Å². The third-order valence-electron chi connectivity index (χ3n) is 3.08. The summed E-state index contributed by atoms with van der Waals surface area (Å²) in [4.78, 5) is 16.1. The SMILES string of the molecule is COc1cc(NC(=O)Nc2cc(C)ccn2)cc(OC)c1OC. The third kappa shape index (κ3) is 4.03. The summed E-state index contributed by atoms with van der Waals surface area (Å²) in [6, 6.07) is 6.49. The van der Waals surface area contributed by atoms with Crippen LogP contribution in [-0.4, -0.2) is 32.3 Å². The van der Waals surface area contributed by atoms with Crippen molar-refractivity contribution in [2.75, 3.05) is 32.0 Å². The van der Waals surface area contributed by atoms with Crippen LogP contribution in [0.15, 0.2) is 30.5 Å². The minimum absolute atomic E-state index is 0.419. The maximum atomic E-state index is 12.1. The number of aromatic nitrogens is 1. The number of rotatable bonds is 5. The number of ether oxygens (including phenoxy) is 3. The topological polar surface area (TPSA) is 81.7 Å². The standard InChI is InChI=1S/C16H19N3O4/c1-10-5-6-17-14(7-10)19-16(20)18-11-8-12(21-2)15(23-4)13(9-11)22-3/h5-9H,1-4H3,(H2,17,18,19,20). The number of pyridine rings is 1. The van der Waals surface area contributed by atoms with Crippen LogP contribution in [0.25, 0.3) is 0 Å². The number of hydrogen-bond donors (Lipinski definition) is 2. The van der Waals surface area contributed by atoms with Crippen LogP contribution in [0, 0.1) is 6.92 Å². The van der Waals surface area contributed by atoms with E-state index in [-0.39, 0.29) is 0 Å². The number of carbonyl (C=O) groups excluding carboxylic acids is 1. The Morgan fingerprint density at radius 3 is 2.17 bits per heavy atom. The molecule has 0 fully saturated rings. The van der Waals surface area contributed by atoms with Gasteiger partial charge in [-0.3, -0.25) is 5.32 Å². The van der Waals surface area contributed by atoms with Crippen LogP contribution in [0.1, 0.15) is 5.56 Å². The van der Waals surface area contributed by atoms with E-state index in [0.717, 1.165) is 5.56 Å². The van der Waals surface area contributed by atoms with Crippen molar-refractivity contribution in [1.29, 1.82) is 0 Å². The summed E-state index contributed by atoms with van der Waals surface area (Å²) in [5, 5.41) is 5.37. The Labute approximate surface area is 134 Å². The van der Waals surface area contributed by atoms with Gasteiger partial charge in [-0.15, -0.1) is 0 Å². The van der Waals surface area contributed by atoms with Gasteiger partial charge in [0.05, 0.1) is 27.0 Å². The number of methoxy groups -OCH3 is 3. The Balaban J connectivity index is 2.17. The van der Waals surface area contributed by atoms with Crippen molar-refractivity contribution in [1.82, 2.24) is 4.98 Å². The molecule has 2 N–H and O–H groups in total. The molecule has 0 unspecified atom stereocenters. The fourth-order valence-corrected chi connectivity index (χ4v) is 2.04. The zero-order valence-corrected chi connectivity index (χ0v) is 13.5. The highest BCUT2D eigenvalue weighted by molar-refractivity contribution is 5.99. The van der Waals surface area contributed by atoms with Crippen LogP contribution < -0.4 is 24.8 Å². The lowest BCUT2D eigenvalue weighted by Crippen LogP contribution is -2.20. The first-order chi connectivity index (χ1) is 11.1. The number of nitrogens with zero attached hydrogens (tertiary/aromatic N) is 1. The lowest BCUT2D eigenvalue weighted by molar-refractivity contribution is 0.262. The molecular weight excluding hydrogens is 298 g/mol. The number of amides is 2. The molecular formula is C16H19N3O4. The fraction of sp³-hybridized carbons (Fsp3) is 0.250. The molecule has 0 bridgehead atoms. The number of urea groups is 1. The quantitative estimate of drug-likeness (QED) is 0.885. The molecule has 0 aliphatic rings. The van der Waals surface area contributed by atoms with Gasteiger partial charge in [0.15, 0.2) is 11.5 Å². The van der Waals surface area contributed by atoms with Gasteiger partial charge in [-0.25, -0.2) is 9.78 Å². The normalized spacial score (nSPS) is 9.91. The molecule has 0 aliphatic carbocycles. The largest absolute Gasteiger partial charge is 0.493 e. The highest BCUT2D eigenvalue weighted by Gasteiger charge is 2.14. The lowest BCUT2D eigenvalue weighted by Gasteiger charge is -2.14. The maximum Gasteiger partial charge on any atom is 0.324 e. The second-order valence-electron chi connectivity index (χ2n) is 4.71. The van der Waals surface area contributed by atoms with Crippen molar-refractivity contribution >= 4 is 17.5 Å². The summed E-state index contributed by atoms with van der Waals surface area (Å²) in [6.07, 6.45) is 1.63. The molecule has 2 amide bonds. The van der Waals surface area contributed by atoms with Gasteiger partial charge in [-0.1, -0.05) is 0 Å². The van der Waals surface area contributed by atoms with E-state index in [1.807, 2.05) is 13.0 Å². The zero-order valence-electron chi connectivity index (χ0n) is 13.5. The van der Waals surface area contributed by atoms with Crippen molar-refractivity contribution in [3.63, 3.8) is 0 Å². The van der Waals surface area contributed by atoms with E-state index in [1.54, 1.807) is 24.4 Å². The van der Waals surface area contributed by atoms with Crippen molar-refractivity contribution < 1.29 is 19.0 Å². The van der Waals surface area contributed by atoms with Crippen LogP contribution in [-0.2, 0) is 0 Å². The molecule has 2 rings (SSSR count). The Hall–Kier alpha value is -2.96. The zero-order chi connectivity index (χ0) is 16.8. The minimum Gasteiger partial charge on any atom is -0.493 e. The smallest absolute Gasteiger partial charge is 0.324 e. The highest BCUT2D eigenvalue weighted by atomic mass is 16.5. The summed E-state index contributed by atoms with van der Waals surface area (Å²) in [6.45, 7) is 1.92. The van der Waals surface area contributed by atoms with Crippen LogP contribution in [0.3, 0.4) is 0 Å². The van der Waals surface area contributed by atoms with Gasteiger partial charge >= 0.3 is 6.03 Å². The number of benzene rings is 1. The lowest BCUT2D eigenvalue weighted by atomic mass is 10.2. The van der Waals surface area contributed by atoms with Crippen LogP contribution in [0.5, 0.6) is 17.2 Å². The van der Waals surface area contributed by atoms with Gasteiger partial charge in [-0.05, 0) is 24.6 Å². The molecule has 1 heterocycles. The summed E-state index contributed by atoms with van der Waals surface area (Å²) >= 11 is 0. The Kier molecular flexibility index (Phi) is 5.24. The second-order valence-corrected chi connectivity index (χ2v) is 4.71. The van der Waals surface area contributed by atoms with E-state index in [2.05, 4.69) is 15.6 Å². The second kappa shape index (κ2) is 7.35. The molecule has 0 saturated carbocycles. The first-order valence-electron chi connectivity index (χ1n) is 6.88. The van der Waals surface area contributed by atoms with E-state index >= 15 is 0 Å². The van der Waals surface area contributed by atoms with Crippen molar-refractivity contribution in [3.05, 3.63) is 36.0 Å². The van der Waals surface area contributed by atoms with Gasteiger partial charge in [0, 0.05) is 18.3 Å². The minimum atomic E-state index is -0.419. The van der Waals surface area contributed by atoms with Gasteiger partial charge in [0.1, 0.15) is 5.82 Å². The van der Waals surface area contributed by atoms with Crippen LogP contribution in [0.2, 0.25) is 0 Å². The molecule has 0 atom stereocenters. The van der Waals surface area contributed by atoms with E-state index in [4.69, 9.17) is 14.2 Å². The van der Waals surface area contributed by atoms with Gasteiger partial charge < -0.3 is 19.5 Å². The number of carbonyl (C=O) groups is 1. The molecule has 7 nitrogen and oxygen atoms in total. The van der Waals surface area contributed by atoms with Crippen LogP contribution >= 0.6 is 0 Å². The summed E-state index contributed by atoms with van der Waals surface area (Å²) < 4.78 is 15.7. The third-order valence-corrected chi connectivity index (χ3v) is 3.08. The van der Waals surface area contributed by atoms with Crippen molar-refractivity contribution in [3.8, 4) is 17.2 Å². The monoisotopic (exact) mass is 317 g/mol. The molecule has 1 aromatic heterocycles. The molecule has 23 heavy (non-hydrogen) atoms. The van der Waals surface area contributed by atoms with Crippen LogP contribution in [0.4, 0.5) is 16.3 Å². The summed E-state index contributed by atoms with van der Waals surface area (Å²) in [5.41, 5.74) is 1.51. The molecule has 7 heteroatoms. The average Bonchev–Trinajstić information content (AvgIpc) is 2.53. The number of aryl methyl sites for hydroxylation is 1. The van der Waals surface area contributed by atoms with Gasteiger partial charge in [0.25, 0.3) is 0 Å². The fourth-order valence-electron chi connectivity index (χ4n) is 2.04. The predicted octanol–water partition coefficient (Wildman–Crippen LogP) is 3.06. The molecule has 2 aromatic rings. The molecule has 0 radical (unpaired) electrons. The highest BCUT2D eigenvalue weighted by Crippen LogP contribution is 2.39. The Morgan fingerprint density at radius 1 is 1.00 bits per heavy atom. The first kappa shape index (κ1) is 16.4.